The van der Waals surface area contributed by atoms with Gasteiger partial charge in [0.2, 0.25) is 5.95 Å². The van der Waals surface area contributed by atoms with Crippen molar-refractivity contribution in [2.75, 3.05) is 25.0 Å². The lowest BCUT2D eigenvalue weighted by Gasteiger charge is -2.39. The van der Waals surface area contributed by atoms with Gasteiger partial charge in [0.25, 0.3) is 5.91 Å². The van der Waals surface area contributed by atoms with E-state index in [2.05, 4.69) is 44.5 Å². The number of ether oxygens (including phenoxy) is 1. The summed E-state index contributed by atoms with van der Waals surface area (Å²) >= 11 is 5.24. The molecule has 0 radical (unpaired) electrons. The number of hydrogen-bond acceptors (Lipinski definition) is 7. The Hall–Kier alpha value is -2.72. The van der Waals surface area contributed by atoms with Crippen LogP contribution in [0, 0.1) is 5.41 Å². The van der Waals surface area contributed by atoms with Crippen LogP contribution in [0.3, 0.4) is 0 Å². The van der Waals surface area contributed by atoms with E-state index >= 15 is 0 Å². The smallest absolute Gasteiger partial charge is 0.410 e. The van der Waals surface area contributed by atoms with Gasteiger partial charge in [0.1, 0.15) is 11.3 Å². The quantitative estimate of drug-likeness (QED) is 0.302. The summed E-state index contributed by atoms with van der Waals surface area (Å²) in [5.41, 5.74) is 1.16. The number of piperidine rings is 1. The van der Waals surface area contributed by atoms with E-state index in [1.807, 2.05) is 43.9 Å². The number of nitrogens with one attached hydrogen (secondary N) is 2. The van der Waals surface area contributed by atoms with Crippen LogP contribution in [0.4, 0.5) is 10.7 Å². The van der Waals surface area contributed by atoms with Crippen LogP contribution >= 0.6 is 27.3 Å². The fourth-order valence-corrected chi connectivity index (χ4v) is 6.40. The van der Waals surface area contributed by atoms with Crippen LogP contribution in [-0.4, -0.2) is 58.1 Å². The molecule has 8 nitrogen and oxygen atoms in total. The van der Waals surface area contributed by atoms with Gasteiger partial charge in [-0.25, -0.2) is 14.8 Å². The van der Waals surface area contributed by atoms with Crippen LogP contribution in [0.1, 0.15) is 70.2 Å². The van der Waals surface area contributed by atoms with Gasteiger partial charge >= 0.3 is 6.09 Å². The molecule has 5 rings (SSSR count). The van der Waals surface area contributed by atoms with Crippen molar-refractivity contribution < 1.29 is 14.3 Å². The molecule has 0 unspecified atom stereocenters. The Kier molecular flexibility index (Phi) is 7.88. The Balaban J connectivity index is 1.22. The van der Waals surface area contributed by atoms with E-state index in [0.29, 0.717) is 30.6 Å². The Bertz CT molecular complexity index is 1370. The number of carbonyl (C=O) groups excluding carboxylic acids is 2. The summed E-state index contributed by atoms with van der Waals surface area (Å²) in [6.07, 6.45) is 6.48. The second-order valence-corrected chi connectivity index (χ2v) is 13.9. The SMILES string of the molecule is CC1(CCNc2ncc(Br)c(-c3cc4c(C(=O)NC5CC5)cccc4s3)n2)CCN(C(=O)OC(C)(C)C)CC1. The van der Waals surface area contributed by atoms with E-state index in [4.69, 9.17) is 9.72 Å². The second kappa shape index (κ2) is 11.0. The number of halogens is 1. The number of thiophene rings is 1. The molecule has 39 heavy (non-hydrogen) atoms. The molecule has 2 fully saturated rings. The van der Waals surface area contributed by atoms with E-state index in [1.54, 1.807) is 17.5 Å². The molecule has 208 valence electrons. The molecular weight excluding hydrogens is 578 g/mol. The molecule has 1 saturated heterocycles. The van der Waals surface area contributed by atoms with Crippen molar-refractivity contribution in [3.63, 3.8) is 0 Å². The van der Waals surface area contributed by atoms with Crippen LogP contribution in [0.15, 0.2) is 34.9 Å². The van der Waals surface area contributed by atoms with E-state index in [0.717, 1.165) is 63.8 Å². The van der Waals surface area contributed by atoms with Gasteiger partial charge in [-0.15, -0.1) is 11.3 Å². The second-order valence-electron chi connectivity index (χ2n) is 11.9. The van der Waals surface area contributed by atoms with Crippen molar-refractivity contribution in [3.05, 3.63) is 40.5 Å². The third kappa shape index (κ3) is 6.90. The molecule has 2 amide bonds. The molecule has 0 spiro atoms. The number of rotatable bonds is 7. The fourth-order valence-electron chi connectivity index (χ4n) is 4.77. The molecule has 2 aromatic heterocycles. The summed E-state index contributed by atoms with van der Waals surface area (Å²) in [6.45, 7) is 10.1. The number of hydrogen-bond donors (Lipinski definition) is 2. The van der Waals surface area contributed by atoms with Crippen LogP contribution in [0.5, 0.6) is 0 Å². The number of carbonyl (C=O) groups is 2. The standard InChI is InChI=1S/C29H36BrN5O3S/c1-28(2,3)38-27(37)35-14-11-29(4,12-15-35)10-13-31-26-32-17-21(30)24(34-26)23-16-20-19(6-5-7-22(20)39-23)25(36)33-18-8-9-18/h5-7,16-18H,8-15H2,1-4H3,(H,33,36)(H,31,32,34). The maximum atomic E-state index is 12.8. The summed E-state index contributed by atoms with van der Waals surface area (Å²) in [6, 6.07) is 8.23. The fraction of sp³-hybridized carbons (Fsp3) is 0.517. The third-order valence-corrected chi connectivity index (χ3v) is 9.02. The third-order valence-electron chi connectivity index (χ3n) is 7.33. The molecular formula is C29H36BrN5O3S. The molecule has 10 heteroatoms. The molecule has 0 bridgehead atoms. The molecule has 3 heterocycles. The number of nitrogens with zero attached hydrogens (tertiary/aromatic N) is 3. The maximum Gasteiger partial charge on any atom is 0.410 e. The summed E-state index contributed by atoms with van der Waals surface area (Å²) in [4.78, 5) is 37.3. The average molecular weight is 615 g/mol. The predicted molar refractivity (Wildman–Crippen MR) is 159 cm³/mol. The summed E-state index contributed by atoms with van der Waals surface area (Å²) in [5.74, 6) is 0.564. The van der Waals surface area contributed by atoms with Crippen molar-refractivity contribution in [3.8, 4) is 10.6 Å². The summed E-state index contributed by atoms with van der Waals surface area (Å²) in [7, 11) is 0. The van der Waals surface area contributed by atoms with E-state index < -0.39 is 5.60 Å². The molecule has 1 aliphatic heterocycles. The minimum absolute atomic E-state index is 0.0121. The highest BCUT2D eigenvalue weighted by molar-refractivity contribution is 9.10. The number of likely N-dealkylation sites (tertiary alicyclic amines) is 1. The zero-order chi connectivity index (χ0) is 27.8. The van der Waals surface area contributed by atoms with Gasteiger partial charge in [-0.1, -0.05) is 13.0 Å². The first-order valence-electron chi connectivity index (χ1n) is 13.6. The van der Waals surface area contributed by atoms with Gasteiger partial charge < -0.3 is 20.3 Å². The first-order valence-corrected chi connectivity index (χ1v) is 15.2. The largest absolute Gasteiger partial charge is 0.444 e. The van der Waals surface area contributed by atoms with Gasteiger partial charge in [0.15, 0.2) is 0 Å². The Morgan fingerprint density at radius 3 is 2.67 bits per heavy atom. The van der Waals surface area contributed by atoms with Crippen LogP contribution in [-0.2, 0) is 4.74 Å². The van der Waals surface area contributed by atoms with Crippen molar-refractivity contribution >= 4 is 55.3 Å². The topological polar surface area (TPSA) is 96.5 Å². The zero-order valence-corrected chi connectivity index (χ0v) is 25.4. The Morgan fingerprint density at radius 2 is 1.97 bits per heavy atom. The van der Waals surface area contributed by atoms with E-state index in [1.165, 1.54) is 0 Å². The minimum atomic E-state index is -0.478. The average Bonchev–Trinajstić information content (AvgIpc) is 3.58. The highest BCUT2D eigenvalue weighted by atomic mass is 79.9. The minimum Gasteiger partial charge on any atom is -0.444 e. The van der Waals surface area contributed by atoms with Crippen molar-refractivity contribution in [2.24, 2.45) is 5.41 Å². The number of aromatic nitrogens is 2. The van der Waals surface area contributed by atoms with Gasteiger partial charge in [0.05, 0.1) is 9.35 Å². The van der Waals surface area contributed by atoms with E-state index in [-0.39, 0.29) is 17.4 Å². The Morgan fingerprint density at radius 1 is 1.23 bits per heavy atom. The van der Waals surface area contributed by atoms with Gasteiger partial charge in [0, 0.05) is 47.5 Å². The molecule has 0 atom stereocenters. The molecule has 1 saturated carbocycles. The Labute approximate surface area is 242 Å². The number of fused-ring (bicyclic) bond motifs is 1. The molecule has 3 aromatic rings. The highest BCUT2D eigenvalue weighted by Gasteiger charge is 2.33. The maximum absolute atomic E-state index is 12.8. The first kappa shape index (κ1) is 27.8. The normalized spacial score (nSPS) is 17.2. The first-order chi connectivity index (χ1) is 18.5. The van der Waals surface area contributed by atoms with Crippen molar-refractivity contribution in [2.45, 2.75) is 71.4 Å². The lowest BCUT2D eigenvalue weighted by Crippen LogP contribution is -2.44. The van der Waals surface area contributed by atoms with Gasteiger partial charge in [-0.05, 0) is 92.4 Å². The van der Waals surface area contributed by atoms with Gasteiger partial charge in [-0.3, -0.25) is 4.79 Å². The monoisotopic (exact) mass is 613 g/mol. The van der Waals surface area contributed by atoms with E-state index in [9.17, 15) is 9.59 Å². The molecule has 2 N–H and O–H groups in total. The molecule has 2 aliphatic rings. The number of amides is 2. The lowest BCUT2D eigenvalue weighted by molar-refractivity contribution is 0.0114. The molecule has 1 aliphatic carbocycles. The lowest BCUT2D eigenvalue weighted by atomic mass is 9.77. The van der Waals surface area contributed by atoms with Crippen LogP contribution in [0.25, 0.3) is 20.7 Å². The number of anilines is 1. The van der Waals surface area contributed by atoms with Crippen molar-refractivity contribution in [1.82, 2.24) is 20.2 Å². The summed E-state index contributed by atoms with van der Waals surface area (Å²) in [5, 5.41) is 7.45. The zero-order valence-electron chi connectivity index (χ0n) is 23.0. The molecule has 1 aromatic carbocycles. The van der Waals surface area contributed by atoms with Crippen molar-refractivity contribution in [1.29, 1.82) is 0 Å². The van der Waals surface area contributed by atoms with Crippen LogP contribution < -0.4 is 10.6 Å². The van der Waals surface area contributed by atoms with Crippen LogP contribution in [0.2, 0.25) is 0 Å². The van der Waals surface area contributed by atoms with Gasteiger partial charge in [-0.2, -0.15) is 0 Å². The predicted octanol–water partition coefficient (Wildman–Crippen LogP) is 6.85. The summed E-state index contributed by atoms with van der Waals surface area (Å²) < 4.78 is 7.40. The number of benzene rings is 1. The highest BCUT2D eigenvalue weighted by Crippen LogP contribution is 2.38.